The Bertz CT molecular complexity index is 585. The van der Waals surface area contributed by atoms with Crippen LogP contribution in [0.2, 0.25) is 0 Å². The van der Waals surface area contributed by atoms with Gasteiger partial charge < -0.3 is 10.1 Å². The van der Waals surface area contributed by atoms with Crippen LogP contribution in [0, 0.1) is 5.92 Å². The number of fused-ring (bicyclic) bond motifs is 1. The molecule has 1 amide bonds. The quantitative estimate of drug-likeness (QED) is 0.892. The fourth-order valence-corrected chi connectivity index (χ4v) is 2.10. The Kier molecular flexibility index (Phi) is 3.36. The van der Waals surface area contributed by atoms with Crippen molar-refractivity contribution in [2.45, 2.75) is 12.8 Å². The summed E-state index contributed by atoms with van der Waals surface area (Å²) in [7, 11) is 0. The lowest BCUT2D eigenvalue weighted by Crippen LogP contribution is -2.30. The van der Waals surface area contributed by atoms with E-state index in [0.29, 0.717) is 5.92 Å². The molecule has 0 radical (unpaired) electrons. The minimum Gasteiger partial charge on any atom is -0.483 e. The summed E-state index contributed by atoms with van der Waals surface area (Å²) in [5, 5.41) is 5.06. The van der Waals surface area contributed by atoms with Gasteiger partial charge in [-0.25, -0.2) is 0 Å². The fraction of sp³-hybridized carbons (Fsp3) is 0.312. The van der Waals surface area contributed by atoms with E-state index >= 15 is 0 Å². The van der Waals surface area contributed by atoms with E-state index in [-0.39, 0.29) is 12.5 Å². The second-order valence-electron chi connectivity index (χ2n) is 5.01. The molecule has 0 aliphatic heterocycles. The summed E-state index contributed by atoms with van der Waals surface area (Å²) in [5.74, 6) is 1.42. The lowest BCUT2D eigenvalue weighted by Gasteiger charge is -2.09. The zero-order valence-corrected chi connectivity index (χ0v) is 10.8. The van der Waals surface area contributed by atoms with Crippen molar-refractivity contribution in [1.82, 2.24) is 5.32 Å². The van der Waals surface area contributed by atoms with Crippen LogP contribution in [0.25, 0.3) is 10.8 Å². The largest absolute Gasteiger partial charge is 0.483 e. The molecule has 1 aliphatic rings. The van der Waals surface area contributed by atoms with E-state index in [1.165, 1.54) is 12.8 Å². The van der Waals surface area contributed by atoms with E-state index in [1.54, 1.807) is 0 Å². The molecule has 0 bridgehead atoms. The van der Waals surface area contributed by atoms with Gasteiger partial charge in [0.1, 0.15) is 5.75 Å². The van der Waals surface area contributed by atoms with Gasteiger partial charge in [0.05, 0.1) is 0 Å². The van der Waals surface area contributed by atoms with Gasteiger partial charge in [-0.05, 0) is 30.2 Å². The number of ether oxygens (including phenoxy) is 1. The molecule has 0 heterocycles. The summed E-state index contributed by atoms with van der Waals surface area (Å²) in [6.45, 7) is 0.873. The first-order valence-corrected chi connectivity index (χ1v) is 6.70. The highest BCUT2D eigenvalue weighted by Crippen LogP contribution is 2.27. The highest BCUT2D eigenvalue weighted by molar-refractivity contribution is 5.88. The van der Waals surface area contributed by atoms with Crippen LogP contribution in [0.3, 0.4) is 0 Å². The molecule has 2 aromatic rings. The number of nitrogens with one attached hydrogen (secondary N) is 1. The van der Waals surface area contributed by atoms with E-state index in [9.17, 15) is 4.79 Å². The molecule has 3 heteroatoms. The third-order valence-electron chi connectivity index (χ3n) is 3.39. The zero-order chi connectivity index (χ0) is 13.1. The van der Waals surface area contributed by atoms with Crippen LogP contribution in [-0.2, 0) is 4.79 Å². The van der Waals surface area contributed by atoms with Crippen molar-refractivity contribution in [3.63, 3.8) is 0 Å². The van der Waals surface area contributed by atoms with Crippen molar-refractivity contribution < 1.29 is 9.53 Å². The maximum Gasteiger partial charge on any atom is 0.257 e. The summed E-state index contributed by atoms with van der Waals surface area (Å²) < 4.78 is 5.62. The van der Waals surface area contributed by atoms with Gasteiger partial charge in [0.25, 0.3) is 5.91 Å². The molecular formula is C16H17NO2. The van der Waals surface area contributed by atoms with E-state index in [2.05, 4.69) is 5.32 Å². The van der Waals surface area contributed by atoms with Crippen LogP contribution in [0.1, 0.15) is 12.8 Å². The van der Waals surface area contributed by atoms with Gasteiger partial charge in [-0.3, -0.25) is 4.79 Å². The molecule has 0 aromatic heterocycles. The standard InChI is InChI=1S/C16H17NO2/c18-16(17-10-12-8-9-12)11-19-15-7-3-5-13-4-1-2-6-14(13)15/h1-7,12H,8-11H2,(H,17,18). The SMILES string of the molecule is O=C(COc1cccc2ccccc12)NCC1CC1. The van der Waals surface area contributed by atoms with Gasteiger partial charge in [-0.1, -0.05) is 36.4 Å². The van der Waals surface area contributed by atoms with Gasteiger partial charge in [-0.15, -0.1) is 0 Å². The maximum atomic E-state index is 11.6. The normalized spacial score (nSPS) is 14.3. The number of carbonyl (C=O) groups is 1. The number of amides is 1. The molecule has 0 spiro atoms. The van der Waals surface area contributed by atoms with E-state index in [0.717, 1.165) is 23.1 Å². The molecule has 1 saturated carbocycles. The van der Waals surface area contributed by atoms with Crippen molar-refractivity contribution in [2.24, 2.45) is 5.92 Å². The number of hydrogen-bond donors (Lipinski definition) is 1. The summed E-state index contributed by atoms with van der Waals surface area (Å²) in [6, 6.07) is 13.9. The average Bonchev–Trinajstić information content (AvgIpc) is 3.27. The molecule has 0 saturated heterocycles. The highest BCUT2D eigenvalue weighted by Gasteiger charge is 2.21. The van der Waals surface area contributed by atoms with Gasteiger partial charge >= 0.3 is 0 Å². The first-order chi connectivity index (χ1) is 9.33. The van der Waals surface area contributed by atoms with E-state index in [4.69, 9.17) is 4.74 Å². The van der Waals surface area contributed by atoms with Crippen LogP contribution >= 0.6 is 0 Å². The van der Waals surface area contributed by atoms with Crippen LogP contribution in [0.4, 0.5) is 0 Å². The number of hydrogen-bond acceptors (Lipinski definition) is 2. The lowest BCUT2D eigenvalue weighted by molar-refractivity contribution is -0.123. The van der Waals surface area contributed by atoms with Gasteiger partial charge in [-0.2, -0.15) is 0 Å². The Morgan fingerprint density at radius 1 is 1.16 bits per heavy atom. The third-order valence-corrected chi connectivity index (χ3v) is 3.39. The van der Waals surface area contributed by atoms with Crippen molar-refractivity contribution in [1.29, 1.82) is 0 Å². The van der Waals surface area contributed by atoms with Crippen molar-refractivity contribution in [3.8, 4) is 5.75 Å². The molecule has 1 N–H and O–H groups in total. The van der Waals surface area contributed by atoms with Crippen LogP contribution < -0.4 is 10.1 Å². The Hall–Kier alpha value is -2.03. The molecule has 1 fully saturated rings. The summed E-state index contributed by atoms with van der Waals surface area (Å²) >= 11 is 0. The predicted molar refractivity (Wildman–Crippen MR) is 75.2 cm³/mol. The molecule has 0 unspecified atom stereocenters. The minimum absolute atomic E-state index is 0.0418. The van der Waals surface area contributed by atoms with Gasteiger partial charge in [0, 0.05) is 11.9 Å². The van der Waals surface area contributed by atoms with Crippen LogP contribution in [0.15, 0.2) is 42.5 Å². The first kappa shape index (κ1) is 12.0. The average molecular weight is 255 g/mol. The molecule has 3 nitrogen and oxygen atoms in total. The molecular weight excluding hydrogens is 238 g/mol. The Morgan fingerprint density at radius 3 is 2.79 bits per heavy atom. The number of rotatable bonds is 5. The van der Waals surface area contributed by atoms with Gasteiger partial charge in [0.15, 0.2) is 6.61 Å². The molecule has 1 aliphatic carbocycles. The second-order valence-corrected chi connectivity index (χ2v) is 5.01. The molecule has 0 atom stereocenters. The van der Waals surface area contributed by atoms with Crippen molar-refractivity contribution in [3.05, 3.63) is 42.5 Å². The summed E-state index contributed by atoms with van der Waals surface area (Å²) in [6.07, 6.45) is 2.48. The minimum atomic E-state index is -0.0418. The Balaban J connectivity index is 1.62. The Morgan fingerprint density at radius 2 is 1.95 bits per heavy atom. The smallest absolute Gasteiger partial charge is 0.257 e. The lowest BCUT2D eigenvalue weighted by atomic mass is 10.1. The molecule has 3 rings (SSSR count). The fourth-order valence-electron chi connectivity index (χ4n) is 2.10. The summed E-state index contributed by atoms with van der Waals surface area (Å²) in [4.78, 5) is 11.6. The topological polar surface area (TPSA) is 38.3 Å². The summed E-state index contributed by atoms with van der Waals surface area (Å²) in [5.41, 5.74) is 0. The van der Waals surface area contributed by atoms with E-state index in [1.807, 2.05) is 42.5 Å². The first-order valence-electron chi connectivity index (χ1n) is 6.70. The van der Waals surface area contributed by atoms with Crippen LogP contribution in [-0.4, -0.2) is 19.1 Å². The number of benzene rings is 2. The zero-order valence-electron chi connectivity index (χ0n) is 10.8. The predicted octanol–water partition coefficient (Wildman–Crippen LogP) is 2.74. The number of carbonyl (C=O) groups excluding carboxylic acids is 1. The van der Waals surface area contributed by atoms with Gasteiger partial charge in [0.2, 0.25) is 0 Å². The molecule has 19 heavy (non-hydrogen) atoms. The molecule has 98 valence electrons. The second kappa shape index (κ2) is 5.31. The Labute approximate surface area is 112 Å². The third kappa shape index (κ3) is 3.05. The van der Waals surface area contributed by atoms with Crippen LogP contribution in [0.5, 0.6) is 5.75 Å². The van der Waals surface area contributed by atoms with Crippen molar-refractivity contribution in [2.75, 3.05) is 13.2 Å². The monoisotopic (exact) mass is 255 g/mol. The van der Waals surface area contributed by atoms with E-state index < -0.39 is 0 Å². The maximum absolute atomic E-state index is 11.6. The molecule has 2 aromatic carbocycles. The van der Waals surface area contributed by atoms with Crippen molar-refractivity contribution >= 4 is 16.7 Å². The highest BCUT2D eigenvalue weighted by atomic mass is 16.5.